The molecule has 0 saturated carbocycles. The van der Waals surface area contributed by atoms with E-state index in [1.165, 1.54) is 11.3 Å². The highest BCUT2D eigenvalue weighted by Gasteiger charge is 2.02. The molecule has 1 unspecified atom stereocenters. The molecule has 0 aliphatic rings. The molecule has 0 aliphatic carbocycles. The number of hydrogen-bond donors (Lipinski definition) is 0. The number of nitriles is 1. The highest BCUT2D eigenvalue weighted by molar-refractivity contribution is 7.99. The highest BCUT2D eigenvalue weighted by Crippen LogP contribution is 2.23. The standard InChI is InChI=1S/C13H17NS/c1-4-10(2)9-15-13-6-5-12(8-14)11(3)7-13/h5-7,10H,4,9H2,1-3H3. The van der Waals surface area contributed by atoms with Gasteiger partial charge >= 0.3 is 0 Å². The van der Waals surface area contributed by atoms with Gasteiger partial charge in [-0.3, -0.25) is 0 Å². The Hall–Kier alpha value is -0.940. The Labute approximate surface area is 96.5 Å². The van der Waals surface area contributed by atoms with Crippen LogP contribution in [-0.2, 0) is 0 Å². The average molecular weight is 219 g/mol. The molecule has 1 nitrogen and oxygen atoms in total. The van der Waals surface area contributed by atoms with Crippen molar-refractivity contribution >= 4 is 11.8 Å². The van der Waals surface area contributed by atoms with Gasteiger partial charge in [0.2, 0.25) is 0 Å². The largest absolute Gasteiger partial charge is 0.192 e. The molecule has 0 fully saturated rings. The number of aryl methyl sites for hydroxylation is 1. The fraction of sp³-hybridized carbons (Fsp3) is 0.462. The van der Waals surface area contributed by atoms with E-state index in [1.807, 2.05) is 30.8 Å². The summed E-state index contributed by atoms with van der Waals surface area (Å²) in [7, 11) is 0. The molecule has 0 amide bonds. The van der Waals surface area contributed by atoms with Gasteiger partial charge in [0.25, 0.3) is 0 Å². The second kappa shape index (κ2) is 5.82. The maximum absolute atomic E-state index is 8.81. The Morgan fingerprint density at radius 3 is 2.73 bits per heavy atom. The summed E-state index contributed by atoms with van der Waals surface area (Å²) in [6.45, 7) is 6.48. The molecule has 1 rings (SSSR count). The quantitative estimate of drug-likeness (QED) is 0.714. The smallest absolute Gasteiger partial charge is 0.0994 e. The molecule has 0 radical (unpaired) electrons. The number of rotatable bonds is 4. The molecule has 0 bridgehead atoms. The molecule has 15 heavy (non-hydrogen) atoms. The Bertz CT molecular complexity index is 365. The van der Waals surface area contributed by atoms with Crippen LogP contribution in [0.25, 0.3) is 0 Å². The number of nitrogens with zero attached hydrogens (tertiary/aromatic N) is 1. The molecular formula is C13H17NS. The third kappa shape index (κ3) is 3.60. The predicted octanol–water partition coefficient (Wildman–Crippen LogP) is 4.00. The lowest BCUT2D eigenvalue weighted by Gasteiger charge is -2.08. The molecule has 1 aromatic rings. The Balaban J connectivity index is 2.64. The molecule has 80 valence electrons. The zero-order valence-electron chi connectivity index (χ0n) is 9.58. The van der Waals surface area contributed by atoms with Crippen molar-refractivity contribution in [3.8, 4) is 6.07 Å². The lowest BCUT2D eigenvalue weighted by atomic mass is 10.1. The molecular weight excluding hydrogens is 202 g/mol. The molecule has 0 saturated heterocycles. The van der Waals surface area contributed by atoms with Crippen molar-refractivity contribution in [2.24, 2.45) is 5.92 Å². The summed E-state index contributed by atoms with van der Waals surface area (Å²) < 4.78 is 0. The van der Waals surface area contributed by atoms with Crippen LogP contribution < -0.4 is 0 Å². The van der Waals surface area contributed by atoms with Gasteiger partial charge in [-0.25, -0.2) is 0 Å². The summed E-state index contributed by atoms with van der Waals surface area (Å²) in [4.78, 5) is 1.27. The van der Waals surface area contributed by atoms with E-state index in [0.717, 1.165) is 22.8 Å². The van der Waals surface area contributed by atoms with Crippen LogP contribution >= 0.6 is 11.8 Å². The fourth-order valence-electron chi connectivity index (χ4n) is 1.21. The van der Waals surface area contributed by atoms with Gasteiger partial charge in [-0.15, -0.1) is 11.8 Å². The van der Waals surface area contributed by atoms with Crippen LogP contribution in [0.3, 0.4) is 0 Å². The van der Waals surface area contributed by atoms with Gasteiger partial charge in [-0.2, -0.15) is 5.26 Å². The molecule has 0 spiro atoms. The SMILES string of the molecule is CCC(C)CSc1ccc(C#N)c(C)c1. The second-order valence-corrected chi connectivity index (χ2v) is 5.01. The molecule has 2 heteroatoms. The van der Waals surface area contributed by atoms with Gasteiger partial charge in [-0.05, 0) is 36.6 Å². The van der Waals surface area contributed by atoms with Crippen molar-refractivity contribution in [2.45, 2.75) is 32.1 Å². The third-order valence-corrected chi connectivity index (χ3v) is 3.87. The number of thioether (sulfide) groups is 1. The van der Waals surface area contributed by atoms with Crippen LogP contribution in [-0.4, -0.2) is 5.75 Å². The first kappa shape index (κ1) is 12.1. The Kier molecular flexibility index (Phi) is 4.71. The van der Waals surface area contributed by atoms with Crippen molar-refractivity contribution in [3.63, 3.8) is 0 Å². The fourth-order valence-corrected chi connectivity index (χ4v) is 2.34. The summed E-state index contributed by atoms with van der Waals surface area (Å²) in [5.41, 5.74) is 1.86. The number of hydrogen-bond acceptors (Lipinski definition) is 2. The minimum atomic E-state index is 0.756. The zero-order chi connectivity index (χ0) is 11.3. The summed E-state index contributed by atoms with van der Waals surface area (Å²) >= 11 is 1.88. The number of benzene rings is 1. The highest BCUT2D eigenvalue weighted by atomic mass is 32.2. The lowest BCUT2D eigenvalue weighted by Crippen LogP contribution is -1.95. The zero-order valence-corrected chi connectivity index (χ0v) is 10.4. The summed E-state index contributed by atoms with van der Waals surface area (Å²) in [5, 5.41) is 8.81. The van der Waals surface area contributed by atoms with Crippen LogP contribution in [0.5, 0.6) is 0 Å². The normalized spacial score (nSPS) is 12.1. The predicted molar refractivity (Wildman–Crippen MR) is 66.1 cm³/mol. The van der Waals surface area contributed by atoms with Crippen LogP contribution in [0, 0.1) is 24.2 Å². The molecule has 1 aromatic carbocycles. The lowest BCUT2D eigenvalue weighted by molar-refractivity contribution is 0.637. The first-order chi connectivity index (χ1) is 7.17. The first-order valence-electron chi connectivity index (χ1n) is 5.31. The average Bonchev–Trinajstić information content (AvgIpc) is 2.26. The summed E-state index contributed by atoms with van der Waals surface area (Å²) in [6, 6.07) is 8.24. The topological polar surface area (TPSA) is 23.8 Å². The minimum Gasteiger partial charge on any atom is -0.192 e. The summed E-state index contributed by atoms with van der Waals surface area (Å²) in [5.74, 6) is 1.91. The van der Waals surface area contributed by atoms with Crippen LogP contribution in [0.15, 0.2) is 23.1 Å². The molecule has 0 N–H and O–H groups in total. The summed E-state index contributed by atoms with van der Waals surface area (Å²) in [6.07, 6.45) is 1.22. The van der Waals surface area contributed by atoms with Gasteiger partial charge in [-0.1, -0.05) is 20.3 Å². The van der Waals surface area contributed by atoms with E-state index in [0.29, 0.717) is 0 Å². The van der Waals surface area contributed by atoms with Crippen LogP contribution in [0.4, 0.5) is 0 Å². The van der Waals surface area contributed by atoms with Gasteiger partial charge in [0.15, 0.2) is 0 Å². The van der Waals surface area contributed by atoms with E-state index in [-0.39, 0.29) is 0 Å². The Morgan fingerprint density at radius 1 is 1.47 bits per heavy atom. The third-order valence-electron chi connectivity index (χ3n) is 2.55. The van der Waals surface area contributed by atoms with E-state index in [4.69, 9.17) is 5.26 Å². The van der Waals surface area contributed by atoms with E-state index in [9.17, 15) is 0 Å². The van der Waals surface area contributed by atoms with Gasteiger partial charge in [0.1, 0.15) is 0 Å². The first-order valence-corrected chi connectivity index (χ1v) is 6.29. The van der Waals surface area contributed by atoms with Crippen molar-refractivity contribution in [3.05, 3.63) is 29.3 Å². The van der Waals surface area contributed by atoms with E-state index < -0.39 is 0 Å². The van der Waals surface area contributed by atoms with Gasteiger partial charge < -0.3 is 0 Å². The minimum absolute atomic E-state index is 0.756. The van der Waals surface area contributed by atoms with Gasteiger partial charge in [0.05, 0.1) is 11.6 Å². The van der Waals surface area contributed by atoms with Gasteiger partial charge in [0, 0.05) is 10.6 Å². The van der Waals surface area contributed by atoms with Crippen molar-refractivity contribution in [2.75, 3.05) is 5.75 Å². The maximum atomic E-state index is 8.81. The van der Waals surface area contributed by atoms with Crippen LogP contribution in [0.1, 0.15) is 31.4 Å². The monoisotopic (exact) mass is 219 g/mol. The molecule has 0 aromatic heterocycles. The maximum Gasteiger partial charge on any atom is 0.0994 e. The van der Waals surface area contributed by atoms with Crippen molar-refractivity contribution < 1.29 is 0 Å². The molecule has 0 heterocycles. The van der Waals surface area contributed by atoms with E-state index >= 15 is 0 Å². The van der Waals surface area contributed by atoms with E-state index in [1.54, 1.807) is 0 Å². The molecule has 0 aliphatic heterocycles. The second-order valence-electron chi connectivity index (χ2n) is 3.91. The van der Waals surface area contributed by atoms with Crippen LogP contribution in [0.2, 0.25) is 0 Å². The van der Waals surface area contributed by atoms with Crippen molar-refractivity contribution in [1.82, 2.24) is 0 Å². The van der Waals surface area contributed by atoms with E-state index in [2.05, 4.69) is 26.0 Å². The van der Waals surface area contributed by atoms with Crippen molar-refractivity contribution in [1.29, 1.82) is 5.26 Å². The molecule has 1 atom stereocenters. The Morgan fingerprint density at radius 2 is 2.20 bits per heavy atom.